The predicted molar refractivity (Wildman–Crippen MR) is 133 cm³/mol. The molecule has 3 N–H and O–H groups in total. The molecule has 0 aromatic rings. The first-order valence-electron chi connectivity index (χ1n) is 13.6. The summed E-state index contributed by atoms with van der Waals surface area (Å²) in [6, 6.07) is -1.16. The molecule has 0 aromatic heterocycles. The lowest BCUT2D eigenvalue weighted by Crippen LogP contribution is -2.70. The van der Waals surface area contributed by atoms with E-state index in [1.54, 1.807) is 4.90 Å². The average Bonchev–Trinajstić information content (AvgIpc) is 2.82. The molecule has 2 aliphatic rings. The van der Waals surface area contributed by atoms with E-state index < -0.39 is 12.1 Å². The van der Waals surface area contributed by atoms with Crippen molar-refractivity contribution in [3.8, 4) is 0 Å². The highest BCUT2D eigenvalue weighted by molar-refractivity contribution is 5.94. The molecule has 2 rings (SSSR count). The minimum Gasteiger partial charge on any atom is -0.352 e. The Hall–Kier alpha value is -2.12. The van der Waals surface area contributed by atoms with Gasteiger partial charge in [0.2, 0.25) is 23.6 Å². The third-order valence-electron chi connectivity index (χ3n) is 6.98. The molecule has 8 heteroatoms. The Balaban J connectivity index is 1.73. The lowest BCUT2D eigenvalue weighted by molar-refractivity contribution is -0.146. The van der Waals surface area contributed by atoms with Gasteiger partial charge in [-0.1, -0.05) is 78.1 Å². The van der Waals surface area contributed by atoms with Crippen molar-refractivity contribution in [1.82, 2.24) is 20.9 Å². The third-order valence-corrected chi connectivity index (χ3v) is 6.98. The summed E-state index contributed by atoms with van der Waals surface area (Å²) in [4.78, 5) is 50.8. The van der Waals surface area contributed by atoms with Gasteiger partial charge >= 0.3 is 0 Å². The van der Waals surface area contributed by atoms with E-state index in [-0.39, 0.29) is 29.7 Å². The smallest absolute Gasteiger partial charge is 0.245 e. The van der Waals surface area contributed by atoms with Crippen LogP contribution >= 0.6 is 0 Å². The maximum atomic E-state index is 12.9. The fourth-order valence-corrected chi connectivity index (χ4v) is 4.62. The summed E-state index contributed by atoms with van der Waals surface area (Å²) in [6.07, 6.45) is 14.7. The highest BCUT2D eigenvalue weighted by Crippen LogP contribution is 2.17. The highest BCUT2D eigenvalue weighted by atomic mass is 16.2. The van der Waals surface area contributed by atoms with Gasteiger partial charge in [0.15, 0.2) is 0 Å². The summed E-state index contributed by atoms with van der Waals surface area (Å²) in [5, 5.41) is 8.43. The Morgan fingerprint density at radius 1 is 0.853 bits per heavy atom. The number of hydrogen-bond acceptors (Lipinski definition) is 4. The number of rotatable bonds is 19. The van der Waals surface area contributed by atoms with E-state index in [1.807, 2.05) is 0 Å². The second-order valence-corrected chi connectivity index (χ2v) is 9.83. The van der Waals surface area contributed by atoms with Crippen molar-refractivity contribution >= 4 is 23.6 Å². The maximum absolute atomic E-state index is 12.9. The summed E-state index contributed by atoms with van der Waals surface area (Å²) in [5.74, 6) is -0.371. The van der Waals surface area contributed by atoms with Gasteiger partial charge in [0, 0.05) is 25.9 Å². The lowest BCUT2D eigenvalue weighted by atomic mass is 9.94. The number of hydrogen-bond donors (Lipinski definition) is 3. The fraction of sp³-hybridized carbons (Fsp3) is 0.846. The zero-order valence-electron chi connectivity index (χ0n) is 21.3. The second-order valence-electron chi connectivity index (χ2n) is 9.83. The van der Waals surface area contributed by atoms with Gasteiger partial charge in [0.1, 0.15) is 12.1 Å². The summed E-state index contributed by atoms with van der Waals surface area (Å²) in [5.41, 5.74) is 0. The number of unbranched alkanes of at least 4 members (excludes halogenated alkanes) is 10. The number of amides is 4. The van der Waals surface area contributed by atoms with Crippen LogP contribution in [0.2, 0.25) is 0 Å². The molecule has 194 valence electrons. The molecule has 4 amide bonds. The Bertz CT molecular complexity index is 669. The van der Waals surface area contributed by atoms with E-state index in [9.17, 15) is 19.2 Å². The zero-order valence-corrected chi connectivity index (χ0v) is 21.3. The van der Waals surface area contributed by atoms with Gasteiger partial charge in [-0.15, -0.1) is 0 Å². The SMILES string of the molecule is CCCCCCCCC(=O)N[C@@H]1C(=O)N[C@H]1CCN(C(=O)CCCCCCCC)[C@H]1CNC1=O. The highest BCUT2D eigenvalue weighted by Gasteiger charge is 2.42. The molecule has 2 fully saturated rings. The van der Waals surface area contributed by atoms with E-state index >= 15 is 0 Å². The van der Waals surface area contributed by atoms with Crippen molar-refractivity contribution in [2.45, 2.75) is 128 Å². The molecule has 2 aliphatic heterocycles. The van der Waals surface area contributed by atoms with Gasteiger partial charge in [-0.3, -0.25) is 19.2 Å². The molecule has 0 radical (unpaired) electrons. The quantitative estimate of drug-likeness (QED) is 0.196. The number of β-lactam (4-membered cyclic amide) rings is 2. The normalized spacial score (nSPS) is 21.2. The summed E-state index contributed by atoms with van der Waals surface area (Å²) >= 11 is 0. The van der Waals surface area contributed by atoms with Crippen LogP contribution in [0.25, 0.3) is 0 Å². The van der Waals surface area contributed by atoms with Crippen LogP contribution in [0.3, 0.4) is 0 Å². The van der Waals surface area contributed by atoms with Gasteiger partial charge in [-0.2, -0.15) is 0 Å². The summed E-state index contributed by atoms with van der Waals surface area (Å²) in [6.45, 7) is 5.25. The molecule has 0 aromatic carbocycles. The number of nitrogens with zero attached hydrogens (tertiary/aromatic N) is 1. The summed E-state index contributed by atoms with van der Waals surface area (Å²) in [7, 11) is 0. The number of carbonyl (C=O) groups is 4. The van der Waals surface area contributed by atoms with Gasteiger partial charge in [0.05, 0.1) is 6.04 Å². The van der Waals surface area contributed by atoms with Crippen molar-refractivity contribution in [2.24, 2.45) is 0 Å². The van der Waals surface area contributed by atoms with Crippen molar-refractivity contribution in [1.29, 1.82) is 0 Å². The molecule has 0 unspecified atom stereocenters. The lowest BCUT2D eigenvalue weighted by Gasteiger charge is -2.41. The second kappa shape index (κ2) is 15.7. The molecule has 0 aliphatic carbocycles. The first-order valence-corrected chi connectivity index (χ1v) is 13.6. The Labute approximate surface area is 205 Å². The molecule has 3 atom stereocenters. The Morgan fingerprint density at radius 2 is 1.44 bits per heavy atom. The molecule has 8 nitrogen and oxygen atoms in total. The molecule has 0 bridgehead atoms. The molecular formula is C26H46N4O4. The van der Waals surface area contributed by atoms with Crippen LogP contribution in [-0.4, -0.2) is 59.7 Å². The van der Waals surface area contributed by atoms with Crippen LogP contribution in [0.15, 0.2) is 0 Å². The first kappa shape index (κ1) is 28.1. The minimum absolute atomic E-state index is 0.00431. The van der Waals surface area contributed by atoms with Gasteiger partial charge in [0.25, 0.3) is 0 Å². The molecule has 0 spiro atoms. The monoisotopic (exact) mass is 478 g/mol. The van der Waals surface area contributed by atoms with Gasteiger partial charge in [-0.05, 0) is 19.3 Å². The van der Waals surface area contributed by atoms with E-state index in [1.165, 1.54) is 38.5 Å². The average molecular weight is 479 g/mol. The Morgan fingerprint density at radius 3 is 1.97 bits per heavy atom. The third kappa shape index (κ3) is 9.26. The molecular weight excluding hydrogens is 432 g/mol. The van der Waals surface area contributed by atoms with Crippen LogP contribution in [0.5, 0.6) is 0 Å². The molecule has 0 saturated carbocycles. The van der Waals surface area contributed by atoms with Crippen LogP contribution < -0.4 is 16.0 Å². The zero-order chi connectivity index (χ0) is 24.8. The molecule has 34 heavy (non-hydrogen) atoms. The van der Waals surface area contributed by atoms with Crippen LogP contribution in [0.4, 0.5) is 0 Å². The van der Waals surface area contributed by atoms with Crippen molar-refractivity contribution in [2.75, 3.05) is 13.1 Å². The Kier molecular flexibility index (Phi) is 13.0. The largest absolute Gasteiger partial charge is 0.352 e. The molecule has 2 heterocycles. The topological polar surface area (TPSA) is 108 Å². The van der Waals surface area contributed by atoms with E-state index in [2.05, 4.69) is 29.8 Å². The van der Waals surface area contributed by atoms with Crippen molar-refractivity contribution in [3.05, 3.63) is 0 Å². The van der Waals surface area contributed by atoms with E-state index in [4.69, 9.17) is 0 Å². The first-order chi connectivity index (χ1) is 16.5. The predicted octanol–water partition coefficient (Wildman–Crippen LogP) is 3.19. The maximum Gasteiger partial charge on any atom is 0.245 e. The van der Waals surface area contributed by atoms with Crippen molar-refractivity contribution in [3.63, 3.8) is 0 Å². The van der Waals surface area contributed by atoms with Crippen LogP contribution in [0.1, 0.15) is 110 Å². The number of carbonyl (C=O) groups excluding carboxylic acids is 4. The van der Waals surface area contributed by atoms with E-state index in [0.29, 0.717) is 32.4 Å². The van der Waals surface area contributed by atoms with Crippen molar-refractivity contribution < 1.29 is 19.2 Å². The van der Waals surface area contributed by atoms with E-state index in [0.717, 1.165) is 38.5 Å². The van der Waals surface area contributed by atoms with Gasteiger partial charge in [-0.25, -0.2) is 0 Å². The fourth-order valence-electron chi connectivity index (χ4n) is 4.62. The van der Waals surface area contributed by atoms with Crippen LogP contribution in [-0.2, 0) is 19.2 Å². The standard InChI is InChI=1S/C26H46N4O4/c1-3-5-7-9-11-13-15-22(31)29-24-20(28-26(24)34)17-18-30(21-19-27-25(21)33)23(32)16-14-12-10-8-6-4-2/h20-21,24H,3-19H2,1-2H3,(H,27,33)(H,28,34)(H,29,31)/t20-,21-,24-/m0/s1. The molecule has 2 saturated heterocycles. The van der Waals surface area contributed by atoms with Crippen LogP contribution in [0, 0.1) is 0 Å². The minimum atomic E-state index is -0.543. The van der Waals surface area contributed by atoms with Gasteiger partial charge < -0.3 is 20.9 Å². The summed E-state index contributed by atoms with van der Waals surface area (Å²) < 4.78 is 0. The number of nitrogens with one attached hydrogen (secondary N) is 3.